The van der Waals surface area contributed by atoms with Crippen LogP contribution in [0.1, 0.15) is 28.9 Å². The number of H-pyrrole nitrogens is 1. The van der Waals surface area contributed by atoms with Gasteiger partial charge in [-0.2, -0.15) is 5.10 Å². The second-order valence-corrected chi connectivity index (χ2v) is 3.10. The van der Waals surface area contributed by atoms with Crippen LogP contribution in [-0.4, -0.2) is 34.4 Å². The van der Waals surface area contributed by atoms with Crippen molar-refractivity contribution in [3.63, 3.8) is 0 Å². The predicted octanol–water partition coefficient (Wildman–Crippen LogP) is 0.220. The van der Waals surface area contributed by atoms with Crippen LogP contribution < -0.4 is 5.32 Å². The van der Waals surface area contributed by atoms with E-state index in [1.807, 2.05) is 0 Å². The molecular formula is C9H15N3O2. The van der Waals surface area contributed by atoms with Crippen LogP contribution in [0.2, 0.25) is 0 Å². The first-order valence-corrected chi connectivity index (χ1v) is 4.64. The molecule has 0 spiro atoms. The molecule has 1 heterocycles. The third-order valence-corrected chi connectivity index (χ3v) is 1.94. The molecule has 0 aliphatic carbocycles. The Balaban J connectivity index is 2.32. The maximum Gasteiger partial charge on any atom is 0.254 e. The lowest BCUT2D eigenvalue weighted by molar-refractivity contribution is 0.0951. The molecule has 0 aromatic carbocycles. The summed E-state index contributed by atoms with van der Waals surface area (Å²) in [5, 5.41) is 17.7. The SMILES string of the molecule is Cc1[nH]ncc1C(=O)NCCCCO. The molecule has 0 saturated heterocycles. The number of nitrogens with zero attached hydrogens (tertiary/aromatic N) is 1. The summed E-state index contributed by atoms with van der Waals surface area (Å²) in [7, 11) is 0. The van der Waals surface area contributed by atoms with Crippen molar-refractivity contribution in [2.24, 2.45) is 0 Å². The van der Waals surface area contributed by atoms with Crippen LogP contribution in [0.15, 0.2) is 6.20 Å². The smallest absolute Gasteiger partial charge is 0.254 e. The molecule has 78 valence electrons. The Morgan fingerprint density at radius 3 is 3.00 bits per heavy atom. The second kappa shape index (κ2) is 5.39. The number of aryl methyl sites for hydroxylation is 1. The largest absolute Gasteiger partial charge is 0.396 e. The molecule has 1 rings (SSSR count). The van der Waals surface area contributed by atoms with Crippen LogP contribution in [-0.2, 0) is 0 Å². The third-order valence-electron chi connectivity index (χ3n) is 1.94. The first kappa shape index (κ1) is 10.7. The van der Waals surface area contributed by atoms with Crippen molar-refractivity contribution in [3.05, 3.63) is 17.5 Å². The fourth-order valence-electron chi connectivity index (χ4n) is 1.11. The van der Waals surface area contributed by atoms with Crippen molar-refractivity contribution in [3.8, 4) is 0 Å². The van der Waals surface area contributed by atoms with E-state index >= 15 is 0 Å². The van der Waals surface area contributed by atoms with E-state index in [0.29, 0.717) is 18.5 Å². The van der Waals surface area contributed by atoms with E-state index in [4.69, 9.17) is 5.11 Å². The van der Waals surface area contributed by atoms with Crippen LogP contribution in [0, 0.1) is 6.92 Å². The molecule has 14 heavy (non-hydrogen) atoms. The van der Waals surface area contributed by atoms with Crippen LogP contribution in [0.4, 0.5) is 0 Å². The van der Waals surface area contributed by atoms with Crippen molar-refractivity contribution in [1.82, 2.24) is 15.5 Å². The highest BCUT2D eigenvalue weighted by atomic mass is 16.2. The highest BCUT2D eigenvalue weighted by Crippen LogP contribution is 2.01. The quantitative estimate of drug-likeness (QED) is 0.591. The number of unbranched alkanes of at least 4 members (excludes halogenated alkanes) is 1. The number of rotatable bonds is 5. The van der Waals surface area contributed by atoms with Gasteiger partial charge >= 0.3 is 0 Å². The fraction of sp³-hybridized carbons (Fsp3) is 0.556. The van der Waals surface area contributed by atoms with Gasteiger partial charge in [0.05, 0.1) is 11.8 Å². The van der Waals surface area contributed by atoms with Gasteiger partial charge in [0, 0.05) is 18.8 Å². The van der Waals surface area contributed by atoms with E-state index < -0.39 is 0 Å². The first-order chi connectivity index (χ1) is 6.75. The molecule has 1 amide bonds. The summed E-state index contributed by atoms with van der Waals surface area (Å²) in [4.78, 5) is 11.5. The van der Waals surface area contributed by atoms with E-state index in [-0.39, 0.29) is 12.5 Å². The molecule has 0 fully saturated rings. The minimum absolute atomic E-state index is 0.116. The molecule has 1 aromatic heterocycles. The van der Waals surface area contributed by atoms with Gasteiger partial charge in [-0.05, 0) is 19.8 Å². The molecule has 0 aliphatic heterocycles. The van der Waals surface area contributed by atoms with Crippen LogP contribution >= 0.6 is 0 Å². The van der Waals surface area contributed by atoms with E-state index in [2.05, 4.69) is 15.5 Å². The Kier molecular flexibility index (Phi) is 4.12. The van der Waals surface area contributed by atoms with Crippen LogP contribution in [0.3, 0.4) is 0 Å². The Morgan fingerprint density at radius 2 is 2.43 bits per heavy atom. The van der Waals surface area contributed by atoms with Gasteiger partial charge in [0.25, 0.3) is 5.91 Å². The molecule has 0 saturated carbocycles. The Labute approximate surface area is 82.5 Å². The normalized spacial score (nSPS) is 10.1. The summed E-state index contributed by atoms with van der Waals surface area (Å²) in [5.74, 6) is -0.116. The lowest BCUT2D eigenvalue weighted by Crippen LogP contribution is -2.24. The van der Waals surface area contributed by atoms with Gasteiger partial charge in [-0.15, -0.1) is 0 Å². The van der Waals surface area contributed by atoms with Gasteiger partial charge in [0.15, 0.2) is 0 Å². The van der Waals surface area contributed by atoms with Gasteiger partial charge in [-0.3, -0.25) is 9.89 Å². The maximum atomic E-state index is 11.5. The summed E-state index contributed by atoms with van der Waals surface area (Å²) in [6.07, 6.45) is 3.01. The lowest BCUT2D eigenvalue weighted by Gasteiger charge is -2.02. The standard InChI is InChI=1S/C9H15N3O2/c1-7-8(6-11-12-7)9(14)10-4-2-3-5-13/h6,13H,2-5H2,1H3,(H,10,14)(H,11,12). The van der Waals surface area contributed by atoms with Gasteiger partial charge in [-0.25, -0.2) is 0 Å². The van der Waals surface area contributed by atoms with Crippen molar-refractivity contribution in [2.75, 3.05) is 13.2 Å². The number of carbonyl (C=O) groups is 1. The number of amides is 1. The predicted molar refractivity (Wildman–Crippen MR) is 52.0 cm³/mol. The highest BCUT2D eigenvalue weighted by molar-refractivity contribution is 5.94. The molecule has 0 radical (unpaired) electrons. The number of aromatic amines is 1. The zero-order valence-corrected chi connectivity index (χ0v) is 8.21. The van der Waals surface area contributed by atoms with Crippen molar-refractivity contribution in [1.29, 1.82) is 0 Å². The van der Waals surface area contributed by atoms with Crippen molar-refractivity contribution < 1.29 is 9.90 Å². The Bertz CT molecular complexity index is 296. The van der Waals surface area contributed by atoms with E-state index in [0.717, 1.165) is 12.1 Å². The van der Waals surface area contributed by atoms with E-state index in [1.165, 1.54) is 6.20 Å². The van der Waals surface area contributed by atoms with Crippen molar-refractivity contribution >= 4 is 5.91 Å². The maximum absolute atomic E-state index is 11.5. The molecule has 0 atom stereocenters. The fourth-order valence-corrected chi connectivity index (χ4v) is 1.11. The number of hydrogen-bond donors (Lipinski definition) is 3. The number of hydrogen-bond acceptors (Lipinski definition) is 3. The molecule has 1 aromatic rings. The average Bonchev–Trinajstić information content (AvgIpc) is 2.59. The summed E-state index contributed by atoms with van der Waals surface area (Å²) < 4.78 is 0. The lowest BCUT2D eigenvalue weighted by atomic mass is 10.2. The van der Waals surface area contributed by atoms with Gasteiger partial charge in [0.1, 0.15) is 0 Å². The molecule has 5 heteroatoms. The summed E-state index contributed by atoms with van der Waals surface area (Å²) in [5.41, 5.74) is 1.35. The van der Waals surface area contributed by atoms with Gasteiger partial charge < -0.3 is 10.4 Å². The average molecular weight is 197 g/mol. The van der Waals surface area contributed by atoms with Crippen LogP contribution in [0.5, 0.6) is 0 Å². The second-order valence-electron chi connectivity index (χ2n) is 3.10. The van der Waals surface area contributed by atoms with E-state index in [9.17, 15) is 4.79 Å². The molecule has 3 N–H and O–H groups in total. The molecule has 0 unspecified atom stereocenters. The molecular weight excluding hydrogens is 182 g/mol. The zero-order valence-electron chi connectivity index (χ0n) is 8.21. The summed E-state index contributed by atoms with van der Waals surface area (Å²) in [6.45, 7) is 2.56. The summed E-state index contributed by atoms with van der Waals surface area (Å²) >= 11 is 0. The third kappa shape index (κ3) is 2.85. The van der Waals surface area contributed by atoms with Crippen LogP contribution in [0.25, 0.3) is 0 Å². The van der Waals surface area contributed by atoms with E-state index in [1.54, 1.807) is 6.92 Å². The number of aliphatic hydroxyl groups is 1. The Hall–Kier alpha value is -1.36. The topological polar surface area (TPSA) is 78.0 Å². The monoisotopic (exact) mass is 197 g/mol. The highest BCUT2D eigenvalue weighted by Gasteiger charge is 2.08. The van der Waals surface area contributed by atoms with Crippen molar-refractivity contribution in [2.45, 2.75) is 19.8 Å². The number of nitrogens with one attached hydrogen (secondary N) is 2. The molecule has 5 nitrogen and oxygen atoms in total. The molecule has 0 bridgehead atoms. The summed E-state index contributed by atoms with van der Waals surface area (Å²) in [6, 6.07) is 0. The van der Waals surface area contributed by atoms with Gasteiger partial charge in [0.2, 0.25) is 0 Å². The minimum Gasteiger partial charge on any atom is -0.396 e. The number of aromatic nitrogens is 2. The zero-order chi connectivity index (χ0) is 10.4. The molecule has 0 aliphatic rings. The number of carbonyl (C=O) groups excluding carboxylic acids is 1. The first-order valence-electron chi connectivity index (χ1n) is 4.64. The Morgan fingerprint density at radius 1 is 1.64 bits per heavy atom. The minimum atomic E-state index is -0.116. The van der Waals surface area contributed by atoms with Gasteiger partial charge in [-0.1, -0.05) is 0 Å². The number of aliphatic hydroxyl groups excluding tert-OH is 1.